The highest BCUT2D eigenvalue weighted by Gasteiger charge is 2.35. The summed E-state index contributed by atoms with van der Waals surface area (Å²) < 4.78 is 54.9. The van der Waals surface area contributed by atoms with Crippen molar-refractivity contribution in [3.05, 3.63) is 59.9 Å². The quantitative estimate of drug-likeness (QED) is 0.355. The minimum absolute atomic E-state index is 0.0413. The summed E-state index contributed by atoms with van der Waals surface area (Å²) in [7, 11) is 0. The zero-order valence-electron chi connectivity index (χ0n) is 21.5. The molecule has 208 valence electrons. The van der Waals surface area contributed by atoms with Gasteiger partial charge in [-0.2, -0.15) is 18.0 Å². The summed E-state index contributed by atoms with van der Waals surface area (Å²) in [5.74, 6) is -1.74. The number of hydrogen-bond acceptors (Lipinski definition) is 5. The average molecular weight is 547 g/mol. The molecule has 0 spiro atoms. The summed E-state index contributed by atoms with van der Waals surface area (Å²) in [4.78, 5) is 29.2. The number of nitrogens with zero attached hydrogens (tertiary/aromatic N) is 5. The van der Waals surface area contributed by atoms with Gasteiger partial charge in [0.15, 0.2) is 0 Å². The Morgan fingerprint density at radius 3 is 2.56 bits per heavy atom. The Morgan fingerprint density at radius 1 is 1.13 bits per heavy atom. The maximum Gasteiger partial charge on any atom is 0.416 e. The lowest BCUT2D eigenvalue weighted by Gasteiger charge is -2.32. The first-order chi connectivity index (χ1) is 18.7. The molecule has 39 heavy (non-hydrogen) atoms. The van der Waals surface area contributed by atoms with Crippen LogP contribution in [0.2, 0.25) is 0 Å². The van der Waals surface area contributed by atoms with Gasteiger partial charge in [0, 0.05) is 11.7 Å². The molecule has 1 N–H and O–H groups in total. The number of anilines is 1. The van der Waals surface area contributed by atoms with Gasteiger partial charge in [-0.1, -0.05) is 50.8 Å². The zero-order chi connectivity index (χ0) is 28.0. The number of aromatic nitrogens is 4. The first kappa shape index (κ1) is 28.2. The Hall–Kier alpha value is -3.83. The van der Waals surface area contributed by atoms with Crippen molar-refractivity contribution in [3.63, 3.8) is 0 Å². The third kappa shape index (κ3) is 6.98. The summed E-state index contributed by atoms with van der Waals surface area (Å²) in [6.07, 6.45) is 0.475. The lowest BCUT2D eigenvalue weighted by Crippen LogP contribution is -2.52. The van der Waals surface area contributed by atoms with E-state index in [0.717, 1.165) is 47.5 Å². The molecule has 1 heterocycles. The van der Waals surface area contributed by atoms with Gasteiger partial charge in [0.25, 0.3) is 5.91 Å². The molecule has 0 bridgehead atoms. The Morgan fingerprint density at radius 2 is 1.87 bits per heavy atom. The zero-order valence-corrected chi connectivity index (χ0v) is 21.5. The van der Waals surface area contributed by atoms with Crippen LogP contribution in [0.15, 0.2) is 48.5 Å². The van der Waals surface area contributed by atoms with Gasteiger partial charge in [0.1, 0.15) is 18.4 Å². The molecule has 1 aliphatic rings. The predicted molar refractivity (Wildman–Crippen MR) is 136 cm³/mol. The number of alkyl halides is 3. The molecular weight excluding hydrogens is 516 g/mol. The van der Waals surface area contributed by atoms with Gasteiger partial charge in [0.05, 0.1) is 11.1 Å². The van der Waals surface area contributed by atoms with Crippen molar-refractivity contribution in [1.29, 1.82) is 0 Å². The van der Waals surface area contributed by atoms with E-state index in [-0.39, 0.29) is 29.5 Å². The van der Waals surface area contributed by atoms with Gasteiger partial charge in [0.2, 0.25) is 11.7 Å². The van der Waals surface area contributed by atoms with E-state index in [1.165, 1.54) is 30.3 Å². The maximum atomic E-state index is 14.2. The summed E-state index contributed by atoms with van der Waals surface area (Å²) in [6.45, 7) is 1.41. The van der Waals surface area contributed by atoms with E-state index < -0.39 is 42.0 Å². The van der Waals surface area contributed by atoms with E-state index >= 15 is 0 Å². The molecule has 3 aromatic rings. The van der Waals surface area contributed by atoms with Gasteiger partial charge >= 0.3 is 6.18 Å². The molecule has 0 radical (unpaired) electrons. The molecule has 8 nitrogen and oxygen atoms in total. The Balaban J connectivity index is 1.67. The first-order valence-corrected chi connectivity index (χ1v) is 13.0. The Kier molecular flexibility index (Phi) is 8.93. The molecule has 1 saturated carbocycles. The van der Waals surface area contributed by atoms with E-state index in [1.54, 1.807) is 6.07 Å². The van der Waals surface area contributed by atoms with Crippen LogP contribution in [0, 0.1) is 5.82 Å². The van der Waals surface area contributed by atoms with Crippen LogP contribution >= 0.6 is 0 Å². The van der Waals surface area contributed by atoms with Crippen molar-refractivity contribution >= 4 is 17.5 Å². The molecule has 0 saturated heterocycles. The number of nitrogens with one attached hydrogen (secondary N) is 1. The van der Waals surface area contributed by atoms with Gasteiger partial charge in [-0.05, 0) is 54.8 Å². The van der Waals surface area contributed by atoms with Crippen LogP contribution in [-0.4, -0.2) is 44.1 Å². The number of carbonyl (C=O) groups excluding carboxylic acids is 2. The molecule has 1 aromatic heterocycles. The molecule has 0 unspecified atom stereocenters. The highest BCUT2D eigenvalue weighted by molar-refractivity contribution is 6.00. The molecule has 1 fully saturated rings. The number of unbranched alkanes of at least 4 members (excludes halogenated alkanes) is 1. The fourth-order valence-electron chi connectivity index (χ4n) is 4.73. The molecule has 4 rings (SSSR count). The number of tetrazole rings is 1. The Bertz CT molecular complexity index is 1290. The normalized spacial score (nSPS) is 14.8. The molecule has 2 amide bonds. The third-order valence-electron chi connectivity index (χ3n) is 6.71. The number of amides is 2. The van der Waals surface area contributed by atoms with Crippen LogP contribution in [0.1, 0.15) is 57.4 Å². The van der Waals surface area contributed by atoms with E-state index in [2.05, 4.69) is 20.7 Å². The minimum atomic E-state index is -4.64. The van der Waals surface area contributed by atoms with E-state index in [0.29, 0.717) is 12.8 Å². The van der Waals surface area contributed by atoms with E-state index in [9.17, 15) is 27.2 Å². The van der Waals surface area contributed by atoms with Crippen molar-refractivity contribution in [2.75, 3.05) is 4.90 Å². The second-order valence-electron chi connectivity index (χ2n) is 9.58. The fourth-order valence-corrected chi connectivity index (χ4v) is 4.73. The molecular formula is C27H30F4N6O2. The van der Waals surface area contributed by atoms with Gasteiger partial charge in [-0.25, -0.2) is 4.39 Å². The van der Waals surface area contributed by atoms with Gasteiger partial charge in [-0.15, -0.1) is 10.2 Å². The van der Waals surface area contributed by atoms with Crippen molar-refractivity contribution < 1.29 is 27.2 Å². The molecule has 12 heteroatoms. The third-order valence-corrected chi connectivity index (χ3v) is 6.71. The summed E-state index contributed by atoms with van der Waals surface area (Å²) in [6, 6.07) is 9.05. The largest absolute Gasteiger partial charge is 0.416 e. The van der Waals surface area contributed by atoms with Crippen molar-refractivity contribution in [3.8, 4) is 11.4 Å². The van der Waals surface area contributed by atoms with Crippen LogP contribution in [0.4, 0.5) is 23.2 Å². The van der Waals surface area contributed by atoms with Crippen molar-refractivity contribution in [2.24, 2.45) is 0 Å². The summed E-state index contributed by atoms with van der Waals surface area (Å²) >= 11 is 0. The fraction of sp³-hybridized carbons (Fsp3) is 0.444. The van der Waals surface area contributed by atoms with Crippen LogP contribution in [-0.2, 0) is 22.3 Å². The highest BCUT2D eigenvalue weighted by atomic mass is 19.4. The maximum absolute atomic E-state index is 14.2. The minimum Gasteiger partial charge on any atom is -0.352 e. The lowest BCUT2D eigenvalue weighted by atomic mass is 10.0. The van der Waals surface area contributed by atoms with Crippen LogP contribution in [0.3, 0.4) is 0 Å². The second-order valence-corrected chi connectivity index (χ2v) is 9.58. The SMILES string of the molecule is CCCC[C@@H](C(=O)NC1CCCC1)N(C(=O)Cn1nnc(-c2ccccc2F)n1)c1cccc(C(F)(F)F)c1. The smallest absolute Gasteiger partial charge is 0.352 e. The van der Waals surface area contributed by atoms with Crippen LogP contribution in [0.5, 0.6) is 0 Å². The van der Waals surface area contributed by atoms with Crippen molar-refractivity contribution in [2.45, 2.75) is 76.7 Å². The summed E-state index contributed by atoms with van der Waals surface area (Å²) in [5.41, 5.74) is -0.918. The second kappa shape index (κ2) is 12.4. The van der Waals surface area contributed by atoms with Crippen LogP contribution < -0.4 is 10.2 Å². The highest BCUT2D eigenvalue weighted by Crippen LogP contribution is 2.33. The molecule has 1 atom stereocenters. The number of carbonyl (C=O) groups is 2. The lowest BCUT2D eigenvalue weighted by molar-refractivity contribution is -0.137. The number of halogens is 4. The standard InChI is InChI=1S/C27H30F4N6O2/c1-2-3-15-23(26(39)32-19-10-4-5-11-19)37(20-12-8-9-18(16-20)27(29,30)31)24(38)17-36-34-25(33-35-36)21-13-6-7-14-22(21)28/h6-9,12-14,16,19,23H,2-5,10-11,15,17H2,1H3,(H,32,39)/t23-/m0/s1. The molecule has 0 aliphatic heterocycles. The number of hydrogen-bond donors (Lipinski definition) is 1. The Labute approximate surface area is 223 Å². The predicted octanol–water partition coefficient (Wildman–Crippen LogP) is 5.15. The number of rotatable bonds is 10. The molecule has 1 aliphatic carbocycles. The van der Waals surface area contributed by atoms with Crippen LogP contribution in [0.25, 0.3) is 11.4 Å². The average Bonchev–Trinajstić information content (AvgIpc) is 3.58. The van der Waals surface area contributed by atoms with Crippen molar-refractivity contribution in [1.82, 2.24) is 25.5 Å². The number of benzene rings is 2. The monoisotopic (exact) mass is 546 g/mol. The van der Waals surface area contributed by atoms with E-state index in [1.807, 2.05) is 6.92 Å². The molecule has 2 aromatic carbocycles. The van der Waals surface area contributed by atoms with Gasteiger partial charge < -0.3 is 5.32 Å². The topological polar surface area (TPSA) is 93.0 Å². The first-order valence-electron chi connectivity index (χ1n) is 13.0. The van der Waals surface area contributed by atoms with E-state index in [4.69, 9.17) is 0 Å². The van der Waals surface area contributed by atoms with Gasteiger partial charge in [-0.3, -0.25) is 14.5 Å². The summed E-state index contributed by atoms with van der Waals surface area (Å²) in [5, 5.41) is 14.7.